The first kappa shape index (κ1) is 12.4. The Morgan fingerprint density at radius 3 is 3.05 bits per heavy atom. The maximum atomic E-state index is 12.2. The van der Waals surface area contributed by atoms with Gasteiger partial charge in [0.15, 0.2) is 0 Å². The highest BCUT2D eigenvalue weighted by Crippen LogP contribution is 2.21. The van der Waals surface area contributed by atoms with Gasteiger partial charge in [-0.3, -0.25) is 9.48 Å². The fourth-order valence-corrected chi connectivity index (χ4v) is 2.67. The van der Waals surface area contributed by atoms with Gasteiger partial charge in [0, 0.05) is 24.5 Å². The lowest BCUT2D eigenvalue weighted by atomic mass is 9.98. The van der Waals surface area contributed by atoms with Crippen molar-refractivity contribution in [1.82, 2.24) is 9.78 Å². The SMILES string of the molecule is CCn1nc(CC(=O)C2CCOC2)c2ccccc21. The van der Waals surface area contributed by atoms with Crippen LogP contribution >= 0.6 is 0 Å². The van der Waals surface area contributed by atoms with Gasteiger partial charge in [-0.15, -0.1) is 0 Å². The molecule has 1 aliphatic heterocycles. The maximum Gasteiger partial charge on any atom is 0.144 e. The largest absolute Gasteiger partial charge is 0.381 e. The van der Waals surface area contributed by atoms with Crippen LogP contribution in [0.15, 0.2) is 24.3 Å². The van der Waals surface area contributed by atoms with Crippen LogP contribution in [0.3, 0.4) is 0 Å². The molecule has 0 radical (unpaired) electrons. The number of Topliss-reactive ketones (excluding diaryl/α,β-unsaturated/α-hetero) is 1. The molecular formula is C15H18N2O2. The Morgan fingerprint density at radius 2 is 2.32 bits per heavy atom. The van der Waals surface area contributed by atoms with E-state index in [1.807, 2.05) is 22.9 Å². The average molecular weight is 258 g/mol. The number of para-hydroxylation sites is 1. The second kappa shape index (κ2) is 5.13. The molecule has 2 heterocycles. The molecule has 1 aromatic heterocycles. The number of ether oxygens (including phenoxy) is 1. The summed E-state index contributed by atoms with van der Waals surface area (Å²) in [6, 6.07) is 8.10. The number of fused-ring (bicyclic) bond motifs is 1. The summed E-state index contributed by atoms with van der Waals surface area (Å²) in [5.74, 6) is 0.314. The number of ketones is 1. The number of aromatic nitrogens is 2. The fraction of sp³-hybridized carbons (Fsp3) is 0.467. The number of hydrogen-bond acceptors (Lipinski definition) is 3. The minimum absolute atomic E-state index is 0.0607. The first-order chi connectivity index (χ1) is 9.29. The molecule has 100 valence electrons. The van der Waals surface area contributed by atoms with Gasteiger partial charge in [-0.05, 0) is 19.4 Å². The van der Waals surface area contributed by atoms with Crippen molar-refractivity contribution in [2.75, 3.05) is 13.2 Å². The van der Waals surface area contributed by atoms with Crippen molar-refractivity contribution in [3.8, 4) is 0 Å². The quantitative estimate of drug-likeness (QED) is 0.844. The lowest BCUT2D eigenvalue weighted by Gasteiger charge is -2.04. The molecule has 1 fully saturated rings. The van der Waals surface area contributed by atoms with E-state index < -0.39 is 0 Å². The third-order valence-corrected chi connectivity index (χ3v) is 3.76. The van der Waals surface area contributed by atoms with Crippen LogP contribution in [0.5, 0.6) is 0 Å². The summed E-state index contributed by atoms with van der Waals surface area (Å²) in [5, 5.41) is 5.67. The van der Waals surface area contributed by atoms with E-state index in [0.717, 1.165) is 29.6 Å². The van der Waals surface area contributed by atoms with Crippen molar-refractivity contribution in [3.63, 3.8) is 0 Å². The highest BCUT2D eigenvalue weighted by atomic mass is 16.5. The van der Waals surface area contributed by atoms with Crippen molar-refractivity contribution in [3.05, 3.63) is 30.0 Å². The van der Waals surface area contributed by atoms with Crippen LogP contribution in [0.4, 0.5) is 0 Å². The van der Waals surface area contributed by atoms with Crippen LogP contribution in [0.25, 0.3) is 10.9 Å². The summed E-state index contributed by atoms with van der Waals surface area (Å²) in [4.78, 5) is 12.2. The molecule has 4 heteroatoms. The summed E-state index contributed by atoms with van der Waals surface area (Å²) < 4.78 is 7.24. The Morgan fingerprint density at radius 1 is 1.47 bits per heavy atom. The Balaban J connectivity index is 1.90. The van der Waals surface area contributed by atoms with Crippen molar-refractivity contribution in [2.24, 2.45) is 5.92 Å². The second-order valence-corrected chi connectivity index (χ2v) is 4.98. The van der Waals surface area contributed by atoms with E-state index in [4.69, 9.17) is 4.74 Å². The first-order valence-corrected chi connectivity index (χ1v) is 6.84. The predicted molar refractivity (Wildman–Crippen MR) is 73.0 cm³/mol. The topological polar surface area (TPSA) is 44.1 Å². The molecule has 1 aliphatic rings. The predicted octanol–water partition coefficient (Wildman–Crippen LogP) is 2.20. The number of hydrogen-bond donors (Lipinski definition) is 0. The Bertz CT molecular complexity index is 597. The number of benzene rings is 1. The van der Waals surface area contributed by atoms with Gasteiger partial charge in [0.05, 0.1) is 24.2 Å². The summed E-state index contributed by atoms with van der Waals surface area (Å²) in [6.45, 7) is 4.17. The number of carbonyl (C=O) groups excluding carboxylic acids is 1. The molecule has 1 unspecified atom stereocenters. The molecule has 0 N–H and O–H groups in total. The molecule has 0 spiro atoms. The number of nitrogens with zero attached hydrogens (tertiary/aromatic N) is 2. The van der Waals surface area contributed by atoms with Gasteiger partial charge in [0.25, 0.3) is 0 Å². The zero-order valence-electron chi connectivity index (χ0n) is 11.1. The fourth-order valence-electron chi connectivity index (χ4n) is 2.67. The van der Waals surface area contributed by atoms with Gasteiger partial charge in [0.1, 0.15) is 5.78 Å². The molecule has 19 heavy (non-hydrogen) atoms. The van der Waals surface area contributed by atoms with Gasteiger partial charge in [0.2, 0.25) is 0 Å². The first-order valence-electron chi connectivity index (χ1n) is 6.84. The summed E-state index contributed by atoms with van der Waals surface area (Å²) >= 11 is 0. The molecule has 1 saturated heterocycles. The maximum absolute atomic E-state index is 12.2. The highest BCUT2D eigenvalue weighted by Gasteiger charge is 2.25. The molecule has 0 aliphatic carbocycles. The van der Waals surface area contributed by atoms with Crippen molar-refractivity contribution >= 4 is 16.7 Å². The molecular weight excluding hydrogens is 240 g/mol. The molecule has 3 rings (SSSR count). The van der Waals surface area contributed by atoms with Crippen molar-refractivity contribution < 1.29 is 9.53 Å². The van der Waals surface area contributed by atoms with E-state index in [0.29, 0.717) is 19.6 Å². The van der Waals surface area contributed by atoms with Gasteiger partial charge in [-0.25, -0.2) is 0 Å². The lowest BCUT2D eigenvalue weighted by molar-refractivity contribution is -0.122. The highest BCUT2D eigenvalue weighted by molar-refractivity contribution is 5.89. The Labute approximate surface area is 112 Å². The van der Waals surface area contributed by atoms with Crippen LogP contribution in [0.1, 0.15) is 19.0 Å². The van der Waals surface area contributed by atoms with E-state index in [2.05, 4.69) is 18.1 Å². The Kier molecular flexibility index (Phi) is 3.34. The number of carbonyl (C=O) groups is 1. The van der Waals surface area contributed by atoms with Crippen LogP contribution in [0, 0.1) is 5.92 Å². The summed E-state index contributed by atoms with van der Waals surface area (Å²) in [7, 11) is 0. The molecule has 1 atom stereocenters. The standard InChI is InChI=1S/C15H18N2O2/c1-2-17-14-6-4-3-5-12(14)13(16-17)9-15(18)11-7-8-19-10-11/h3-6,11H,2,7-10H2,1H3. The van der Waals surface area contributed by atoms with Crippen molar-refractivity contribution in [2.45, 2.75) is 26.3 Å². The number of rotatable bonds is 4. The van der Waals surface area contributed by atoms with E-state index in [1.54, 1.807) is 0 Å². The summed E-state index contributed by atoms with van der Waals surface area (Å²) in [6.07, 6.45) is 1.27. The lowest BCUT2D eigenvalue weighted by Crippen LogP contribution is -2.17. The van der Waals surface area contributed by atoms with Crippen LogP contribution in [0.2, 0.25) is 0 Å². The van der Waals surface area contributed by atoms with E-state index in [9.17, 15) is 4.79 Å². The minimum atomic E-state index is 0.0607. The third-order valence-electron chi connectivity index (χ3n) is 3.76. The van der Waals surface area contributed by atoms with E-state index >= 15 is 0 Å². The van der Waals surface area contributed by atoms with Crippen LogP contribution in [-0.2, 0) is 22.5 Å². The average Bonchev–Trinajstić information content (AvgIpc) is 3.07. The van der Waals surface area contributed by atoms with Gasteiger partial charge >= 0.3 is 0 Å². The van der Waals surface area contributed by atoms with E-state index in [-0.39, 0.29) is 11.7 Å². The van der Waals surface area contributed by atoms with Gasteiger partial charge in [-0.1, -0.05) is 18.2 Å². The molecule has 0 bridgehead atoms. The van der Waals surface area contributed by atoms with Gasteiger partial charge < -0.3 is 4.74 Å². The summed E-state index contributed by atoms with van der Waals surface area (Å²) in [5.41, 5.74) is 2.00. The molecule has 4 nitrogen and oxygen atoms in total. The molecule has 1 aromatic carbocycles. The smallest absolute Gasteiger partial charge is 0.144 e. The molecule has 0 amide bonds. The zero-order chi connectivity index (χ0) is 13.2. The van der Waals surface area contributed by atoms with Gasteiger partial charge in [-0.2, -0.15) is 5.10 Å². The Hall–Kier alpha value is -1.68. The van der Waals surface area contributed by atoms with Crippen LogP contribution < -0.4 is 0 Å². The second-order valence-electron chi connectivity index (χ2n) is 4.98. The zero-order valence-corrected chi connectivity index (χ0v) is 11.1. The van der Waals surface area contributed by atoms with Crippen molar-refractivity contribution in [1.29, 1.82) is 0 Å². The van der Waals surface area contributed by atoms with E-state index in [1.165, 1.54) is 0 Å². The number of aryl methyl sites for hydroxylation is 1. The normalized spacial score (nSPS) is 19.1. The molecule has 0 saturated carbocycles. The minimum Gasteiger partial charge on any atom is -0.381 e. The molecule has 2 aromatic rings. The monoisotopic (exact) mass is 258 g/mol. The van der Waals surface area contributed by atoms with Crippen LogP contribution in [-0.4, -0.2) is 28.8 Å². The third kappa shape index (κ3) is 2.28.